The number of nitrogens with one attached hydrogen (secondary N) is 1. The maximum atomic E-state index is 5.02. The zero-order valence-electron chi connectivity index (χ0n) is 12.5. The van der Waals surface area contributed by atoms with Crippen molar-refractivity contribution in [2.75, 3.05) is 20.3 Å². The second-order valence-electron chi connectivity index (χ2n) is 5.10. The molecule has 0 unspecified atom stereocenters. The van der Waals surface area contributed by atoms with E-state index in [9.17, 15) is 0 Å². The minimum absolute atomic E-state index is 0.733. The number of benzene rings is 1. The van der Waals surface area contributed by atoms with Crippen LogP contribution in [0.3, 0.4) is 0 Å². The topological polar surface area (TPSA) is 39.1 Å². The van der Waals surface area contributed by atoms with Gasteiger partial charge in [-0.1, -0.05) is 29.8 Å². The molecule has 0 fully saturated rings. The van der Waals surface area contributed by atoms with Crippen LogP contribution in [-0.2, 0) is 17.8 Å². The van der Waals surface area contributed by atoms with E-state index < -0.39 is 0 Å². The maximum absolute atomic E-state index is 5.02. The van der Waals surface area contributed by atoms with Crippen LogP contribution < -0.4 is 5.32 Å². The molecule has 1 N–H and O–H groups in total. The third-order valence-electron chi connectivity index (χ3n) is 3.27. The van der Waals surface area contributed by atoms with E-state index in [0.29, 0.717) is 0 Å². The summed E-state index contributed by atoms with van der Waals surface area (Å²) in [5.41, 5.74) is 4.90. The Morgan fingerprint density at radius 1 is 1.30 bits per heavy atom. The minimum atomic E-state index is 0.733. The first-order chi connectivity index (χ1) is 9.69. The second-order valence-corrected chi connectivity index (χ2v) is 5.10. The van der Waals surface area contributed by atoms with Gasteiger partial charge in [0.1, 0.15) is 0 Å². The highest BCUT2D eigenvalue weighted by Crippen LogP contribution is 2.09. The van der Waals surface area contributed by atoms with Gasteiger partial charge in [0.05, 0.1) is 18.8 Å². The maximum Gasteiger partial charge on any atom is 0.0659 e. The fourth-order valence-electron chi connectivity index (χ4n) is 2.21. The number of nitrogens with zero attached hydrogens (tertiary/aromatic N) is 2. The molecule has 2 aromatic rings. The van der Waals surface area contributed by atoms with E-state index in [1.807, 2.05) is 4.68 Å². The average molecular weight is 273 g/mol. The Morgan fingerprint density at radius 2 is 2.15 bits per heavy atom. The van der Waals surface area contributed by atoms with Crippen LogP contribution in [0.5, 0.6) is 0 Å². The Bertz CT molecular complexity index is 548. The van der Waals surface area contributed by atoms with Gasteiger partial charge in [-0.2, -0.15) is 5.10 Å². The van der Waals surface area contributed by atoms with Crippen LogP contribution >= 0.6 is 0 Å². The molecule has 4 nitrogen and oxygen atoms in total. The summed E-state index contributed by atoms with van der Waals surface area (Å²) in [4.78, 5) is 0. The first-order valence-electron chi connectivity index (χ1n) is 6.97. The van der Waals surface area contributed by atoms with E-state index in [0.717, 1.165) is 31.9 Å². The highest BCUT2D eigenvalue weighted by Gasteiger charge is 2.05. The molecule has 0 radical (unpaired) electrons. The lowest BCUT2D eigenvalue weighted by Gasteiger charge is -2.03. The van der Waals surface area contributed by atoms with Crippen LogP contribution in [0, 0.1) is 13.8 Å². The number of hydrogen-bond acceptors (Lipinski definition) is 3. The molecule has 2 rings (SSSR count). The molecule has 0 amide bonds. The van der Waals surface area contributed by atoms with E-state index in [1.54, 1.807) is 7.11 Å². The highest BCUT2D eigenvalue weighted by molar-refractivity contribution is 5.23. The molecule has 0 saturated heterocycles. The van der Waals surface area contributed by atoms with Crippen molar-refractivity contribution in [2.24, 2.45) is 0 Å². The zero-order chi connectivity index (χ0) is 14.4. The van der Waals surface area contributed by atoms with Crippen molar-refractivity contribution in [3.63, 3.8) is 0 Å². The Labute approximate surface area is 120 Å². The van der Waals surface area contributed by atoms with Gasteiger partial charge in [-0.3, -0.25) is 4.68 Å². The summed E-state index contributed by atoms with van der Waals surface area (Å²) in [6.07, 6.45) is 2.12. The van der Waals surface area contributed by atoms with Gasteiger partial charge in [-0.15, -0.1) is 0 Å². The van der Waals surface area contributed by atoms with Crippen LogP contribution in [0.2, 0.25) is 0 Å². The van der Waals surface area contributed by atoms with E-state index in [-0.39, 0.29) is 0 Å². The zero-order valence-corrected chi connectivity index (χ0v) is 12.5. The van der Waals surface area contributed by atoms with Crippen LogP contribution in [0.4, 0.5) is 0 Å². The standard InChI is InChI=1S/C16H23N3O/c1-13-5-4-6-15(9-13)11-19-12-16(14(2)18-19)10-17-7-8-20-3/h4-6,9,12,17H,7-8,10-11H2,1-3H3. The van der Waals surface area contributed by atoms with Crippen LogP contribution in [-0.4, -0.2) is 30.0 Å². The molecule has 20 heavy (non-hydrogen) atoms. The molecule has 0 bridgehead atoms. The molecule has 0 atom stereocenters. The largest absolute Gasteiger partial charge is 0.383 e. The molecule has 1 heterocycles. The van der Waals surface area contributed by atoms with Gasteiger partial charge < -0.3 is 10.1 Å². The molecule has 0 saturated carbocycles. The third-order valence-corrected chi connectivity index (χ3v) is 3.27. The van der Waals surface area contributed by atoms with Crippen molar-refractivity contribution in [1.29, 1.82) is 0 Å². The third kappa shape index (κ3) is 4.18. The van der Waals surface area contributed by atoms with Gasteiger partial charge >= 0.3 is 0 Å². The van der Waals surface area contributed by atoms with Crippen molar-refractivity contribution in [2.45, 2.75) is 26.9 Å². The van der Waals surface area contributed by atoms with Gasteiger partial charge in [-0.05, 0) is 19.4 Å². The summed E-state index contributed by atoms with van der Waals surface area (Å²) in [6, 6.07) is 8.55. The first kappa shape index (κ1) is 14.8. The fraction of sp³-hybridized carbons (Fsp3) is 0.438. The lowest BCUT2D eigenvalue weighted by Crippen LogP contribution is -2.18. The number of methoxy groups -OCH3 is 1. The minimum Gasteiger partial charge on any atom is -0.383 e. The molecular weight excluding hydrogens is 250 g/mol. The van der Waals surface area contributed by atoms with Gasteiger partial charge in [0.15, 0.2) is 0 Å². The van der Waals surface area contributed by atoms with Crippen LogP contribution in [0.15, 0.2) is 30.5 Å². The van der Waals surface area contributed by atoms with Crippen molar-refractivity contribution in [1.82, 2.24) is 15.1 Å². The Kier molecular flexibility index (Phi) is 5.32. The predicted molar refractivity (Wildman–Crippen MR) is 80.8 cm³/mol. The lowest BCUT2D eigenvalue weighted by molar-refractivity contribution is 0.199. The van der Waals surface area contributed by atoms with E-state index in [2.05, 4.69) is 54.7 Å². The molecule has 1 aromatic carbocycles. The first-order valence-corrected chi connectivity index (χ1v) is 6.97. The molecule has 0 spiro atoms. The van der Waals surface area contributed by atoms with Gasteiger partial charge in [0.25, 0.3) is 0 Å². The van der Waals surface area contributed by atoms with Gasteiger partial charge in [0, 0.05) is 32.0 Å². The summed E-state index contributed by atoms with van der Waals surface area (Å²) in [5, 5.41) is 7.93. The molecule has 1 aromatic heterocycles. The summed E-state index contributed by atoms with van der Waals surface area (Å²) in [5.74, 6) is 0. The molecule has 0 aliphatic rings. The monoisotopic (exact) mass is 273 g/mol. The Hall–Kier alpha value is -1.65. The van der Waals surface area contributed by atoms with Crippen molar-refractivity contribution in [3.8, 4) is 0 Å². The number of hydrogen-bond donors (Lipinski definition) is 1. The van der Waals surface area contributed by atoms with E-state index in [1.165, 1.54) is 16.7 Å². The van der Waals surface area contributed by atoms with Crippen molar-refractivity contribution >= 4 is 0 Å². The summed E-state index contributed by atoms with van der Waals surface area (Å²) in [7, 11) is 1.72. The van der Waals surface area contributed by atoms with Gasteiger partial charge in [-0.25, -0.2) is 0 Å². The number of aromatic nitrogens is 2. The normalized spacial score (nSPS) is 10.9. The number of rotatable bonds is 7. The van der Waals surface area contributed by atoms with E-state index in [4.69, 9.17) is 4.74 Å². The summed E-state index contributed by atoms with van der Waals surface area (Å²) < 4.78 is 7.03. The van der Waals surface area contributed by atoms with E-state index >= 15 is 0 Å². The summed E-state index contributed by atoms with van der Waals surface area (Å²) >= 11 is 0. The number of ether oxygens (including phenoxy) is 1. The molecule has 108 valence electrons. The smallest absolute Gasteiger partial charge is 0.0659 e. The molecule has 4 heteroatoms. The lowest BCUT2D eigenvalue weighted by atomic mass is 10.1. The quantitative estimate of drug-likeness (QED) is 0.787. The number of aryl methyl sites for hydroxylation is 2. The summed E-state index contributed by atoms with van der Waals surface area (Å²) in [6.45, 7) is 7.42. The Balaban J connectivity index is 1.96. The van der Waals surface area contributed by atoms with Gasteiger partial charge in [0.2, 0.25) is 0 Å². The highest BCUT2D eigenvalue weighted by atomic mass is 16.5. The SMILES string of the molecule is COCCNCc1cn(Cc2cccc(C)c2)nc1C. The molecule has 0 aliphatic heterocycles. The molecule has 0 aliphatic carbocycles. The average Bonchev–Trinajstić information content (AvgIpc) is 2.75. The second kappa shape index (κ2) is 7.22. The van der Waals surface area contributed by atoms with Crippen LogP contribution in [0.25, 0.3) is 0 Å². The molecular formula is C16H23N3O. The predicted octanol–water partition coefficient (Wildman–Crippen LogP) is 2.28. The fourth-order valence-corrected chi connectivity index (χ4v) is 2.21. The van der Waals surface area contributed by atoms with Crippen molar-refractivity contribution in [3.05, 3.63) is 52.8 Å². The Morgan fingerprint density at radius 3 is 2.90 bits per heavy atom. The van der Waals surface area contributed by atoms with Crippen LogP contribution in [0.1, 0.15) is 22.4 Å². The van der Waals surface area contributed by atoms with Crippen molar-refractivity contribution < 1.29 is 4.74 Å².